The van der Waals surface area contributed by atoms with Crippen molar-refractivity contribution >= 4 is 17.3 Å². The lowest BCUT2D eigenvalue weighted by Crippen LogP contribution is -2.29. The number of ether oxygens (including phenoxy) is 1. The SMILES string of the molecule is Cc1cnc(C)c(-c2cc3nc(N4CCCC4)cc(NC4CCOCC4)n3n2)n1. The third kappa shape index (κ3) is 3.64. The van der Waals surface area contributed by atoms with Crippen LogP contribution in [0.1, 0.15) is 37.1 Å². The summed E-state index contributed by atoms with van der Waals surface area (Å²) in [5.74, 6) is 2.00. The van der Waals surface area contributed by atoms with E-state index in [0.29, 0.717) is 6.04 Å². The third-order valence-corrected chi connectivity index (χ3v) is 5.74. The maximum atomic E-state index is 5.52. The van der Waals surface area contributed by atoms with E-state index in [0.717, 1.165) is 79.2 Å². The first-order chi connectivity index (χ1) is 14.2. The second-order valence-corrected chi connectivity index (χ2v) is 7.97. The van der Waals surface area contributed by atoms with Crippen LogP contribution < -0.4 is 10.2 Å². The van der Waals surface area contributed by atoms with Gasteiger partial charge in [0.1, 0.15) is 23.0 Å². The summed E-state index contributed by atoms with van der Waals surface area (Å²) in [6.07, 6.45) is 6.23. The van der Waals surface area contributed by atoms with Crippen molar-refractivity contribution in [2.75, 3.05) is 36.5 Å². The zero-order chi connectivity index (χ0) is 19.8. The van der Waals surface area contributed by atoms with E-state index in [-0.39, 0.29) is 0 Å². The van der Waals surface area contributed by atoms with Crippen molar-refractivity contribution < 1.29 is 4.74 Å². The minimum absolute atomic E-state index is 0.383. The molecule has 0 aliphatic carbocycles. The van der Waals surface area contributed by atoms with Crippen LogP contribution in [-0.4, -0.2) is 56.9 Å². The maximum absolute atomic E-state index is 5.52. The molecule has 8 nitrogen and oxygen atoms in total. The molecule has 3 aromatic rings. The largest absolute Gasteiger partial charge is 0.381 e. The zero-order valence-corrected chi connectivity index (χ0v) is 17.1. The molecule has 0 spiro atoms. The highest BCUT2D eigenvalue weighted by atomic mass is 16.5. The second kappa shape index (κ2) is 7.59. The van der Waals surface area contributed by atoms with Crippen LogP contribution in [0.15, 0.2) is 18.3 Å². The van der Waals surface area contributed by atoms with Gasteiger partial charge < -0.3 is 15.0 Å². The van der Waals surface area contributed by atoms with Gasteiger partial charge in [-0.05, 0) is 39.5 Å². The van der Waals surface area contributed by atoms with Gasteiger partial charge in [-0.15, -0.1) is 0 Å². The van der Waals surface area contributed by atoms with Crippen LogP contribution in [0.4, 0.5) is 11.6 Å². The molecule has 0 aromatic carbocycles. The van der Waals surface area contributed by atoms with E-state index in [2.05, 4.69) is 26.3 Å². The molecule has 2 saturated heterocycles. The van der Waals surface area contributed by atoms with E-state index in [1.807, 2.05) is 24.4 Å². The molecule has 0 atom stereocenters. The summed E-state index contributed by atoms with van der Waals surface area (Å²) in [4.78, 5) is 16.4. The van der Waals surface area contributed by atoms with Crippen LogP contribution in [0.25, 0.3) is 17.0 Å². The molecule has 0 unspecified atom stereocenters. The summed E-state index contributed by atoms with van der Waals surface area (Å²) in [5, 5.41) is 8.55. The first-order valence-corrected chi connectivity index (χ1v) is 10.5. The normalized spacial score (nSPS) is 17.9. The number of hydrogen-bond donors (Lipinski definition) is 1. The number of hydrogen-bond acceptors (Lipinski definition) is 7. The highest BCUT2D eigenvalue weighted by Crippen LogP contribution is 2.27. The van der Waals surface area contributed by atoms with E-state index in [1.165, 1.54) is 12.8 Å². The van der Waals surface area contributed by atoms with Gasteiger partial charge in [0.25, 0.3) is 0 Å². The molecule has 8 heteroatoms. The molecular formula is C21H27N7O. The van der Waals surface area contributed by atoms with E-state index < -0.39 is 0 Å². The van der Waals surface area contributed by atoms with Crippen molar-refractivity contribution in [1.29, 1.82) is 0 Å². The fraction of sp³-hybridized carbons (Fsp3) is 0.524. The van der Waals surface area contributed by atoms with Crippen molar-refractivity contribution in [3.63, 3.8) is 0 Å². The van der Waals surface area contributed by atoms with Gasteiger partial charge in [-0.2, -0.15) is 9.61 Å². The summed E-state index contributed by atoms with van der Waals surface area (Å²) in [6.45, 7) is 7.64. The second-order valence-electron chi connectivity index (χ2n) is 7.97. The Morgan fingerprint density at radius 1 is 1.07 bits per heavy atom. The van der Waals surface area contributed by atoms with Crippen molar-refractivity contribution in [3.05, 3.63) is 29.7 Å². The molecule has 3 aromatic heterocycles. The lowest BCUT2D eigenvalue weighted by molar-refractivity contribution is 0.0903. The number of anilines is 2. The highest BCUT2D eigenvalue weighted by Gasteiger charge is 2.21. The summed E-state index contributed by atoms with van der Waals surface area (Å²) in [5.41, 5.74) is 4.21. The van der Waals surface area contributed by atoms with Crippen LogP contribution in [0.3, 0.4) is 0 Å². The first-order valence-electron chi connectivity index (χ1n) is 10.5. The van der Waals surface area contributed by atoms with Gasteiger partial charge in [0, 0.05) is 50.7 Å². The fourth-order valence-electron chi connectivity index (χ4n) is 4.12. The lowest BCUT2D eigenvalue weighted by atomic mass is 10.1. The smallest absolute Gasteiger partial charge is 0.160 e. The van der Waals surface area contributed by atoms with E-state index in [9.17, 15) is 0 Å². The molecule has 5 rings (SSSR count). The minimum atomic E-state index is 0.383. The summed E-state index contributed by atoms with van der Waals surface area (Å²) < 4.78 is 7.43. The summed E-state index contributed by atoms with van der Waals surface area (Å²) >= 11 is 0. The Bertz CT molecular complexity index is 1020. The number of aromatic nitrogens is 5. The van der Waals surface area contributed by atoms with Crippen LogP contribution in [0.5, 0.6) is 0 Å². The van der Waals surface area contributed by atoms with Crippen LogP contribution >= 0.6 is 0 Å². The molecule has 2 aliphatic heterocycles. The molecule has 152 valence electrons. The topological polar surface area (TPSA) is 80.5 Å². The molecule has 0 amide bonds. The zero-order valence-electron chi connectivity index (χ0n) is 17.1. The van der Waals surface area contributed by atoms with Crippen LogP contribution in [-0.2, 0) is 4.74 Å². The Hall–Kier alpha value is -2.74. The summed E-state index contributed by atoms with van der Waals surface area (Å²) in [6, 6.07) is 4.54. The quantitative estimate of drug-likeness (QED) is 0.730. The Kier molecular flexibility index (Phi) is 4.79. The molecule has 0 bridgehead atoms. The third-order valence-electron chi connectivity index (χ3n) is 5.74. The Balaban J connectivity index is 1.59. The van der Waals surface area contributed by atoms with E-state index >= 15 is 0 Å². The predicted octanol–water partition coefficient (Wildman–Crippen LogP) is 2.99. The number of fused-ring (bicyclic) bond motifs is 1. The number of nitrogens with one attached hydrogen (secondary N) is 1. The van der Waals surface area contributed by atoms with Crippen LogP contribution in [0.2, 0.25) is 0 Å². The molecular weight excluding hydrogens is 366 g/mol. The van der Waals surface area contributed by atoms with Gasteiger partial charge in [-0.3, -0.25) is 4.98 Å². The van der Waals surface area contributed by atoms with Crippen molar-refractivity contribution in [3.8, 4) is 11.4 Å². The first kappa shape index (κ1) is 18.3. The monoisotopic (exact) mass is 393 g/mol. The molecule has 2 fully saturated rings. The fourth-order valence-corrected chi connectivity index (χ4v) is 4.12. The van der Waals surface area contributed by atoms with Gasteiger partial charge in [0.15, 0.2) is 5.65 Å². The Morgan fingerprint density at radius 3 is 2.66 bits per heavy atom. The van der Waals surface area contributed by atoms with E-state index in [1.54, 1.807) is 6.20 Å². The molecule has 29 heavy (non-hydrogen) atoms. The number of aryl methyl sites for hydroxylation is 2. The Labute approximate surface area is 170 Å². The number of nitrogens with zero attached hydrogens (tertiary/aromatic N) is 6. The lowest BCUT2D eigenvalue weighted by Gasteiger charge is -2.25. The highest BCUT2D eigenvalue weighted by molar-refractivity contribution is 5.67. The van der Waals surface area contributed by atoms with Crippen molar-refractivity contribution in [2.24, 2.45) is 0 Å². The molecule has 1 N–H and O–H groups in total. The van der Waals surface area contributed by atoms with Gasteiger partial charge in [-0.25, -0.2) is 9.97 Å². The van der Waals surface area contributed by atoms with Gasteiger partial charge in [0.05, 0.1) is 11.4 Å². The number of rotatable bonds is 4. The summed E-state index contributed by atoms with van der Waals surface area (Å²) in [7, 11) is 0. The molecule has 5 heterocycles. The van der Waals surface area contributed by atoms with Gasteiger partial charge >= 0.3 is 0 Å². The van der Waals surface area contributed by atoms with Gasteiger partial charge in [0.2, 0.25) is 0 Å². The van der Waals surface area contributed by atoms with Crippen LogP contribution in [0, 0.1) is 13.8 Å². The Morgan fingerprint density at radius 2 is 1.86 bits per heavy atom. The van der Waals surface area contributed by atoms with Crippen molar-refractivity contribution in [1.82, 2.24) is 24.6 Å². The standard InChI is InChI=1S/C21H27N7O/c1-14-13-22-15(2)21(23-14)17-11-19-25-18(27-7-3-4-8-27)12-20(28(19)26-17)24-16-5-9-29-10-6-16/h11-13,16,24H,3-10H2,1-2H3. The average Bonchev–Trinajstić information content (AvgIpc) is 3.40. The minimum Gasteiger partial charge on any atom is -0.381 e. The molecule has 0 saturated carbocycles. The predicted molar refractivity (Wildman–Crippen MR) is 112 cm³/mol. The average molecular weight is 393 g/mol. The maximum Gasteiger partial charge on any atom is 0.160 e. The molecule has 2 aliphatic rings. The van der Waals surface area contributed by atoms with Crippen molar-refractivity contribution in [2.45, 2.75) is 45.6 Å². The molecule has 0 radical (unpaired) electrons. The van der Waals surface area contributed by atoms with E-state index in [4.69, 9.17) is 14.8 Å². The van der Waals surface area contributed by atoms with Gasteiger partial charge in [-0.1, -0.05) is 0 Å².